The first-order chi connectivity index (χ1) is 11.3. The lowest BCUT2D eigenvalue weighted by Gasteiger charge is -2.13. The zero-order valence-corrected chi connectivity index (χ0v) is 14.5. The fourth-order valence-electron chi connectivity index (χ4n) is 2.41. The molecule has 2 rings (SSSR count). The molecule has 0 atom stereocenters. The van der Waals surface area contributed by atoms with Crippen LogP contribution in [0.15, 0.2) is 42.5 Å². The maximum Gasteiger partial charge on any atom is 0.313 e. The Kier molecular flexibility index (Phi) is 5.58. The van der Waals surface area contributed by atoms with Crippen molar-refractivity contribution in [3.63, 3.8) is 0 Å². The maximum atomic E-state index is 12.0. The summed E-state index contributed by atoms with van der Waals surface area (Å²) in [5.41, 5.74) is 4.71. The van der Waals surface area contributed by atoms with Crippen molar-refractivity contribution in [2.24, 2.45) is 0 Å². The Morgan fingerprint density at radius 2 is 1.50 bits per heavy atom. The van der Waals surface area contributed by atoms with Crippen LogP contribution in [0.3, 0.4) is 0 Å². The van der Waals surface area contributed by atoms with Gasteiger partial charge in [0.2, 0.25) is 0 Å². The first-order valence-electron chi connectivity index (χ1n) is 7.79. The van der Waals surface area contributed by atoms with Gasteiger partial charge in [-0.25, -0.2) is 0 Å². The predicted molar refractivity (Wildman–Crippen MR) is 97.2 cm³/mol. The second-order valence-electron chi connectivity index (χ2n) is 6.07. The van der Waals surface area contributed by atoms with E-state index in [0.717, 1.165) is 22.4 Å². The van der Waals surface area contributed by atoms with Crippen molar-refractivity contribution in [2.45, 2.75) is 20.4 Å². The van der Waals surface area contributed by atoms with E-state index in [-0.39, 0.29) is 0 Å². The molecule has 5 heteroatoms. The van der Waals surface area contributed by atoms with Gasteiger partial charge in [-0.1, -0.05) is 18.2 Å². The number of hydrogen-bond donors (Lipinski definition) is 2. The number of anilines is 2. The zero-order valence-electron chi connectivity index (χ0n) is 14.5. The number of nitrogens with one attached hydrogen (secondary N) is 2. The summed E-state index contributed by atoms with van der Waals surface area (Å²) >= 11 is 0. The van der Waals surface area contributed by atoms with E-state index >= 15 is 0 Å². The SMILES string of the molecule is Cc1cc(C)cc(NC(=O)C(=O)NCc2ccc(N(C)C)cc2)c1. The minimum absolute atomic E-state index is 0.312. The topological polar surface area (TPSA) is 61.4 Å². The molecule has 0 saturated carbocycles. The molecule has 24 heavy (non-hydrogen) atoms. The standard InChI is InChI=1S/C19H23N3O2/c1-13-9-14(2)11-16(10-13)21-19(24)18(23)20-12-15-5-7-17(8-6-15)22(3)4/h5-11H,12H2,1-4H3,(H,20,23)(H,21,24). The van der Waals surface area contributed by atoms with Crippen molar-refractivity contribution < 1.29 is 9.59 Å². The van der Waals surface area contributed by atoms with Gasteiger partial charge in [0.25, 0.3) is 0 Å². The summed E-state index contributed by atoms with van der Waals surface area (Å²) in [5, 5.41) is 5.26. The number of hydrogen-bond acceptors (Lipinski definition) is 3. The van der Waals surface area contributed by atoms with Crippen molar-refractivity contribution >= 4 is 23.2 Å². The van der Waals surface area contributed by atoms with E-state index in [4.69, 9.17) is 0 Å². The lowest BCUT2D eigenvalue weighted by atomic mass is 10.1. The van der Waals surface area contributed by atoms with Crippen LogP contribution in [-0.4, -0.2) is 25.9 Å². The Bertz CT molecular complexity index is 717. The van der Waals surface area contributed by atoms with Crippen molar-refractivity contribution in [3.8, 4) is 0 Å². The van der Waals surface area contributed by atoms with Crippen LogP contribution >= 0.6 is 0 Å². The Morgan fingerprint density at radius 3 is 2.04 bits per heavy atom. The van der Waals surface area contributed by atoms with Gasteiger partial charge >= 0.3 is 11.8 Å². The van der Waals surface area contributed by atoms with Crippen LogP contribution in [0, 0.1) is 13.8 Å². The van der Waals surface area contributed by atoms with E-state index in [1.807, 2.05) is 75.3 Å². The summed E-state index contributed by atoms with van der Waals surface area (Å²) < 4.78 is 0. The van der Waals surface area contributed by atoms with E-state index < -0.39 is 11.8 Å². The molecular formula is C19H23N3O2. The fraction of sp³-hybridized carbons (Fsp3) is 0.263. The van der Waals surface area contributed by atoms with E-state index in [0.29, 0.717) is 12.2 Å². The molecule has 2 N–H and O–H groups in total. The Morgan fingerprint density at radius 1 is 0.917 bits per heavy atom. The van der Waals surface area contributed by atoms with Gasteiger partial charge in [0.1, 0.15) is 0 Å². The largest absolute Gasteiger partial charge is 0.378 e. The normalized spacial score (nSPS) is 10.2. The van der Waals surface area contributed by atoms with Crippen LogP contribution in [0.1, 0.15) is 16.7 Å². The third-order valence-corrected chi connectivity index (χ3v) is 3.59. The van der Waals surface area contributed by atoms with Gasteiger partial charge in [-0.05, 0) is 54.8 Å². The summed E-state index contributed by atoms with van der Waals surface area (Å²) in [4.78, 5) is 25.9. The van der Waals surface area contributed by atoms with Gasteiger partial charge in [0.05, 0.1) is 0 Å². The number of carbonyl (C=O) groups is 2. The Labute approximate surface area is 142 Å². The second-order valence-corrected chi connectivity index (χ2v) is 6.07. The molecule has 0 fully saturated rings. The molecule has 0 aromatic heterocycles. The maximum absolute atomic E-state index is 12.0. The molecule has 0 heterocycles. The molecule has 126 valence electrons. The first kappa shape index (κ1) is 17.5. The van der Waals surface area contributed by atoms with Crippen molar-refractivity contribution in [3.05, 3.63) is 59.2 Å². The van der Waals surface area contributed by atoms with Gasteiger partial charge < -0.3 is 15.5 Å². The molecule has 0 saturated heterocycles. The number of rotatable bonds is 4. The molecule has 0 aliphatic heterocycles. The fourth-order valence-corrected chi connectivity index (χ4v) is 2.41. The molecule has 0 radical (unpaired) electrons. The van der Waals surface area contributed by atoms with Crippen LogP contribution in [0.4, 0.5) is 11.4 Å². The van der Waals surface area contributed by atoms with Crippen LogP contribution < -0.4 is 15.5 Å². The molecule has 2 amide bonds. The number of carbonyl (C=O) groups excluding carboxylic acids is 2. The lowest BCUT2D eigenvalue weighted by molar-refractivity contribution is -0.136. The van der Waals surface area contributed by atoms with Gasteiger partial charge in [0.15, 0.2) is 0 Å². The molecule has 5 nitrogen and oxygen atoms in total. The molecule has 2 aromatic carbocycles. The van der Waals surface area contributed by atoms with Crippen LogP contribution in [0.25, 0.3) is 0 Å². The highest BCUT2D eigenvalue weighted by molar-refractivity contribution is 6.39. The lowest BCUT2D eigenvalue weighted by Crippen LogP contribution is -2.35. The molecular weight excluding hydrogens is 302 g/mol. The highest BCUT2D eigenvalue weighted by Crippen LogP contribution is 2.14. The third kappa shape index (κ3) is 4.84. The van der Waals surface area contributed by atoms with Gasteiger partial charge in [0, 0.05) is 32.0 Å². The van der Waals surface area contributed by atoms with Crippen molar-refractivity contribution in [1.29, 1.82) is 0 Å². The second kappa shape index (κ2) is 7.64. The predicted octanol–water partition coefficient (Wildman–Crippen LogP) is 2.62. The molecule has 0 unspecified atom stereocenters. The quantitative estimate of drug-likeness (QED) is 0.850. The summed E-state index contributed by atoms with van der Waals surface area (Å²) in [6, 6.07) is 13.5. The number of benzene rings is 2. The van der Waals surface area contributed by atoms with Gasteiger partial charge in [-0.2, -0.15) is 0 Å². The smallest absolute Gasteiger partial charge is 0.313 e. The van der Waals surface area contributed by atoms with Crippen LogP contribution in [0.2, 0.25) is 0 Å². The average Bonchev–Trinajstić information content (AvgIpc) is 2.51. The van der Waals surface area contributed by atoms with Crippen molar-refractivity contribution in [2.75, 3.05) is 24.3 Å². The monoisotopic (exact) mass is 325 g/mol. The Balaban J connectivity index is 1.90. The third-order valence-electron chi connectivity index (χ3n) is 3.59. The minimum Gasteiger partial charge on any atom is -0.378 e. The van der Waals surface area contributed by atoms with Gasteiger partial charge in [-0.15, -0.1) is 0 Å². The van der Waals surface area contributed by atoms with Gasteiger partial charge in [-0.3, -0.25) is 9.59 Å². The van der Waals surface area contributed by atoms with E-state index in [9.17, 15) is 9.59 Å². The average molecular weight is 325 g/mol. The molecule has 0 spiro atoms. The van der Waals surface area contributed by atoms with E-state index in [1.54, 1.807) is 0 Å². The highest BCUT2D eigenvalue weighted by Gasteiger charge is 2.13. The van der Waals surface area contributed by atoms with Crippen LogP contribution in [0.5, 0.6) is 0 Å². The van der Waals surface area contributed by atoms with E-state index in [2.05, 4.69) is 10.6 Å². The first-order valence-corrected chi connectivity index (χ1v) is 7.79. The molecule has 0 bridgehead atoms. The summed E-state index contributed by atoms with van der Waals surface area (Å²) in [6.07, 6.45) is 0. The highest BCUT2D eigenvalue weighted by atomic mass is 16.2. The summed E-state index contributed by atoms with van der Waals surface area (Å²) in [7, 11) is 3.93. The molecule has 0 aliphatic rings. The Hall–Kier alpha value is -2.82. The number of nitrogens with zero attached hydrogens (tertiary/aromatic N) is 1. The van der Waals surface area contributed by atoms with Crippen LogP contribution in [-0.2, 0) is 16.1 Å². The number of aryl methyl sites for hydroxylation is 2. The van der Waals surface area contributed by atoms with E-state index in [1.165, 1.54) is 0 Å². The minimum atomic E-state index is -0.662. The molecule has 2 aromatic rings. The summed E-state index contributed by atoms with van der Waals surface area (Å²) in [5.74, 6) is -1.31. The zero-order chi connectivity index (χ0) is 17.7. The molecule has 0 aliphatic carbocycles. The van der Waals surface area contributed by atoms with Crippen molar-refractivity contribution in [1.82, 2.24) is 5.32 Å². The summed E-state index contributed by atoms with van der Waals surface area (Å²) in [6.45, 7) is 4.20. The number of amides is 2.